The molecule has 0 aliphatic carbocycles. The fourth-order valence-corrected chi connectivity index (χ4v) is 2.38. The molecule has 1 aliphatic rings. The lowest BCUT2D eigenvalue weighted by molar-refractivity contribution is 0.00973. The second-order valence-corrected chi connectivity index (χ2v) is 5.50. The molecular formula is C15H19N3O2. The predicted octanol–water partition coefficient (Wildman–Crippen LogP) is 2.98. The maximum Gasteiger partial charge on any atom is 0.258 e. The summed E-state index contributed by atoms with van der Waals surface area (Å²) in [6.45, 7) is 4.86. The maximum absolute atomic E-state index is 5.44. The molecule has 0 spiro atoms. The van der Waals surface area contributed by atoms with Crippen LogP contribution in [0.4, 0.5) is 5.69 Å². The number of methoxy groups -OCH3 is 1. The normalized spacial score (nSPS) is 14.8. The molecule has 5 heteroatoms. The molecule has 1 aromatic carbocycles. The van der Waals surface area contributed by atoms with E-state index in [2.05, 4.69) is 21.5 Å². The summed E-state index contributed by atoms with van der Waals surface area (Å²) in [5.41, 5.74) is 2.89. The number of fused-ring (bicyclic) bond motifs is 1. The van der Waals surface area contributed by atoms with Gasteiger partial charge in [-0.3, -0.25) is 0 Å². The molecule has 0 amide bonds. The lowest BCUT2D eigenvalue weighted by atomic mass is 9.97. The molecule has 20 heavy (non-hydrogen) atoms. The van der Waals surface area contributed by atoms with Crippen molar-refractivity contribution in [3.63, 3.8) is 0 Å². The number of nitrogens with one attached hydrogen (secondary N) is 1. The van der Waals surface area contributed by atoms with Crippen molar-refractivity contribution in [1.82, 2.24) is 10.1 Å². The van der Waals surface area contributed by atoms with Crippen LogP contribution in [0.15, 0.2) is 22.7 Å². The predicted molar refractivity (Wildman–Crippen MR) is 76.6 cm³/mol. The first-order valence-corrected chi connectivity index (χ1v) is 6.87. The first-order valence-electron chi connectivity index (χ1n) is 6.87. The van der Waals surface area contributed by atoms with Gasteiger partial charge >= 0.3 is 0 Å². The molecular weight excluding hydrogens is 254 g/mol. The minimum absolute atomic E-state index is 0.547. The van der Waals surface area contributed by atoms with Gasteiger partial charge in [-0.2, -0.15) is 4.98 Å². The lowest BCUT2D eigenvalue weighted by Crippen LogP contribution is -2.21. The zero-order valence-electron chi connectivity index (χ0n) is 12.1. The number of rotatable bonds is 3. The molecule has 1 aliphatic heterocycles. The Morgan fingerprint density at radius 2 is 2.20 bits per heavy atom. The maximum atomic E-state index is 5.44. The van der Waals surface area contributed by atoms with Crippen LogP contribution in [0, 0.1) is 0 Å². The molecule has 0 radical (unpaired) electrons. The van der Waals surface area contributed by atoms with E-state index in [1.165, 1.54) is 11.3 Å². The Hall–Kier alpha value is -1.88. The van der Waals surface area contributed by atoms with E-state index in [4.69, 9.17) is 9.26 Å². The third-order valence-corrected chi connectivity index (χ3v) is 3.80. The minimum atomic E-state index is -0.547. The van der Waals surface area contributed by atoms with Crippen LogP contribution in [0.5, 0.6) is 0 Å². The van der Waals surface area contributed by atoms with Crippen LogP contribution in [-0.4, -0.2) is 23.8 Å². The topological polar surface area (TPSA) is 60.2 Å². The highest BCUT2D eigenvalue weighted by atomic mass is 16.5. The average molecular weight is 273 g/mol. The first kappa shape index (κ1) is 13.1. The van der Waals surface area contributed by atoms with Gasteiger partial charge in [0.15, 0.2) is 0 Å². The van der Waals surface area contributed by atoms with Crippen molar-refractivity contribution in [2.75, 3.05) is 19.0 Å². The molecule has 0 bridgehead atoms. The molecule has 106 valence electrons. The van der Waals surface area contributed by atoms with Gasteiger partial charge in [0.2, 0.25) is 5.82 Å². The largest absolute Gasteiger partial charge is 0.385 e. The van der Waals surface area contributed by atoms with Crippen molar-refractivity contribution in [1.29, 1.82) is 0 Å². The number of anilines is 1. The Kier molecular flexibility index (Phi) is 3.22. The number of hydrogen-bond acceptors (Lipinski definition) is 5. The van der Waals surface area contributed by atoms with Crippen LogP contribution in [0.1, 0.15) is 31.7 Å². The van der Waals surface area contributed by atoms with E-state index in [1.54, 1.807) is 7.11 Å². The summed E-state index contributed by atoms with van der Waals surface area (Å²) in [7, 11) is 1.64. The van der Waals surface area contributed by atoms with Crippen molar-refractivity contribution in [2.24, 2.45) is 0 Å². The molecule has 1 N–H and O–H groups in total. The molecule has 2 aromatic rings. The third kappa shape index (κ3) is 2.18. The van der Waals surface area contributed by atoms with Crippen molar-refractivity contribution in [2.45, 2.75) is 32.3 Å². The summed E-state index contributed by atoms with van der Waals surface area (Å²) in [5, 5.41) is 7.46. The Bertz CT molecular complexity index is 619. The van der Waals surface area contributed by atoms with Crippen molar-refractivity contribution < 1.29 is 9.26 Å². The van der Waals surface area contributed by atoms with E-state index in [0.717, 1.165) is 24.9 Å². The van der Waals surface area contributed by atoms with Crippen LogP contribution in [-0.2, 0) is 16.8 Å². The fraction of sp³-hybridized carbons (Fsp3) is 0.467. The second-order valence-electron chi connectivity index (χ2n) is 5.50. The van der Waals surface area contributed by atoms with E-state index >= 15 is 0 Å². The van der Waals surface area contributed by atoms with Crippen molar-refractivity contribution in [3.05, 3.63) is 29.6 Å². The number of ether oxygens (including phenoxy) is 1. The molecule has 0 unspecified atom stereocenters. The van der Waals surface area contributed by atoms with Crippen molar-refractivity contribution in [3.8, 4) is 11.5 Å². The molecule has 0 fully saturated rings. The van der Waals surface area contributed by atoms with Crippen LogP contribution >= 0.6 is 0 Å². The quantitative estimate of drug-likeness (QED) is 0.931. The van der Waals surface area contributed by atoms with Gasteiger partial charge in [-0.05, 0) is 44.4 Å². The molecule has 0 saturated heterocycles. The number of nitrogens with zero attached hydrogens (tertiary/aromatic N) is 2. The average Bonchev–Trinajstić information content (AvgIpc) is 2.97. The molecule has 5 nitrogen and oxygen atoms in total. The molecule has 1 aromatic heterocycles. The van der Waals surface area contributed by atoms with Gasteiger partial charge in [0, 0.05) is 24.9 Å². The van der Waals surface area contributed by atoms with Crippen LogP contribution < -0.4 is 5.32 Å². The Labute approximate surface area is 118 Å². The number of benzene rings is 1. The Morgan fingerprint density at radius 1 is 1.35 bits per heavy atom. The summed E-state index contributed by atoms with van der Waals surface area (Å²) in [5.74, 6) is 1.13. The second kappa shape index (κ2) is 4.90. The highest BCUT2D eigenvalue weighted by Crippen LogP contribution is 2.32. The first-order chi connectivity index (χ1) is 9.62. The van der Waals surface area contributed by atoms with E-state index in [9.17, 15) is 0 Å². The van der Waals surface area contributed by atoms with Gasteiger partial charge < -0.3 is 14.6 Å². The zero-order chi connectivity index (χ0) is 14.2. The number of hydrogen-bond donors (Lipinski definition) is 1. The van der Waals surface area contributed by atoms with Gasteiger partial charge in [-0.1, -0.05) is 11.2 Å². The highest BCUT2D eigenvalue weighted by molar-refractivity contribution is 5.69. The van der Waals surface area contributed by atoms with Crippen LogP contribution in [0.2, 0.25) is 0 Å². The molecule has 3 rings (SSSR count). The summed E-state index contributed by atoms with van der Waals surface area (Å²) in [6.07, 6.45) is 2.15. The van der Waals surface area contributed by atoms with E-state index in [1.807, 2.05) is 26.0 Å². The standard InChI is InChI=1S/C15H19N3O2/c1-15(2,19-3)14-17-13(20-18-14)11-6-4-8-12-10(11)7-5-9-16-12/h4,6,8,16H,5,7,9H2,1-3H3. The summed E-state index contributed by atoms with van der Waals surface area (Å²) in [6, 6.07) is 6.13. The van der Waals surface area contributed by atoms with Gasteiger partial charge in [0.25, 0.3) is 5.89 Å². The third-order valence-electron chi connectivity index (χ3n) is 3.80. The summed E-state index contributed by atoms with van der Waals surface area (Å²) >= 11 is 0. The van der Waals surface area contributed by atoms with Crippen LogP contribution in [0.3, 0.4) is 0 Å². The van der Waals surface area contributed by atoms with Gasteiger partial charge in [0.05, 0.1) is 0 Å². The zero-order valence-corrected chi connectivity index (χ0v) is 12.1. The number of aromatic nitrogens is 2. The van der Waals surface area contributed by atoms with Gasteiger partial charge in [-0.25, -0.2) is 0 Å². The van der Waals surface area contributed by atoms with Crippen LogP contribution in [0.25, 0.3) is 11.5 Å². The lowest BCUT2D eigenvalue weighted by Gasteiger charge is -2.19. The summed E-state index contributed by atoms with van der Waals surface area (Å²) in [4.78, 5) is 4.50. The van der Waals surface area contributed by atoms with E-state index < -0.39 is 5.60 Å². The monoisotopic (exact) mass is 273 g/mol. The van der Waals surface area contributed by atoms with Crippen molar-refractivity contribution >= 4 is 5.69 Å². The molecule has 2 heterocycles. The Morgan fingerprint density at radius 3 is 3.00 bits per heavy atom. The minimum Gasteiger partial charge on any atom is -0.385 e. The van der Waals surface area contributed by atoms with E-state index in [-0.39, 0.29) is 0 Å². The van der Waals surface area contributed by atoms with Gasteiger partial charge in [-0.15, -0.1) is 0 Å². The summed E-state index contributed by atoms with van der Waals surface area (Å²) < 4.78 is 10.8. The SMILES string of the molecule is COC(C)(C)c1noc(-c2cccc3c2CCCN3)n1. The Balaban J connectivity index is 2.02. The molecule has 0 saturated carbocycles. The fourth-order valence-electron chi connectivity index (χ4n) is 2.38. The van der Waals surface area contributed by atoms with Gasteiger partial charge in [0.1, 0.15) is 5.60 Å². The molecule has 0 atom stereocenters. The smallest absolute Gasteiger partial charge is 0.258 e. The van der Waals surface area contributed by atoms with E-state index in [0.29, 0.717) is 11.7 Å². The highest BCUT2D eigenvalue weighted by Gasteiger charge is 2.27.